The Hall–Kier alpha value is -2.00. The molecule has 0 unspecified atom stereocenters. The smallest absolute Gasteiger partial charge is 0.0748 e. The summed E-state index contributed by atoms with van der Waals surface area (Å²) >= 11 is 0. The van der Waals surface area contributed by atoms with E-state index in [0.29, 0.717) is 6.61 Å². The third kappa shape index (κ3) is 3.02. The molecule has 0 radical (unpaired) electrons. The summed E-state index contributed by atoms with van der Waals surface area (Å²) in [6.45, 7) is 0.596. The summed E-state index contributed by atoms with van der Waals surface area (Å²) < 4.78 is 5.27. The summed E-state index contributed by atoms with van der Waals surface area (Å²) in [5.74, 6) is 0. The second-order valence-corrected chi connectivity index (χ2v) is 4.15. The highest BCUT2D eigenvalue weighted by molar-refractivity contribution is 5.66. The van der Waals surface area contributed by atoms with E-state index in [1.807, 2.05) is 42.5 Å². The van der Waals surface area contributed by atoms with Gasteiger partial charge in [0.05, 0.1) is 24.0 Å². The van der Waals surface area contributed by atoms with Crippen molar-refractivity contribution >= 4 is 11.4 Å². The summed E-state index contributed by atoms with van der Waals surface area (Å²) in [4.78, 5) is 0. The maximum Gasteiger partial charge on any atom is 0.0748 e. The Morgan fingerprint density at radius 2 is 1.72 bits per heavy atom. The molecule has 18 heavy (non-hydrogen) atoms. The molecule has 0 aliphatic rings. The average molecular weight is 242 g/mol. The van der Waals surface area contributed by atoms with Crippen LogP contribution in [0.3, 0.4) is 0 Å². The van der Waals surface area contributed by atoms with Gasteiger partial charge in [-0.25, -0.2) is 0 Å². The zero-order valence-electron chi connectivity index (χ0n) is 10.5. The standard InChI is InChI=1S/C15H18N2O/c1-18-11-15(12-7-3-2-4-8-12)17-14-10-6-5-9-13(14)16/h2-10,15,17H,11,16H2,1H3/t15-/m0/s1. The van der Waals surface area contributed by atoms with E-state index >= 15 is 0 Å². The molecular weight excluding hydrogens is 224 g/mol. The lowest BCUT2D eigenvalue weighted by molar-refractivity contribution is 0.186. The number of anilines is 2. The number of hydrogen-bond donors (Lipinski definition) is 2. The largest absolute Gasteiger partial charge is 0.397 e. The van der Waals surface area contributed by atoms with Gasteiger partial charge in [0.25, 0.3) is 0 Å². The predicted molar refractivity (Wildman–Crippen MR) is 75.5 cm³/mol. The lowest BCUT2D eigenvalue weighted by Gasteiger charge is -2.20. The van der Waals surface area contributed by atoms with Gasteiger partial charge in [0.15, 0.2) is 0 Å². The topological polar surface area (TPSA) is 47.3 Å². The summed E-state index contributed by atoms with van der Waals surface area (Å²) in [5.41, 5.74) is 8.80. The normalized spacial score (nSPS) is 12.1. The fraction of sp³-hybridized carbons (Fsp3) is 0.200. The minimum Gasteiger partial charge on any atom is -0.397 e. The SMILES string of the molecule is COC[C@H](Nc1ccccc1N)c1ccccc1. The Labute approximate surface area is 108 Å². The number of hydrogen-bond acceptors (Lipinski definition) is 3. The zero-order valence-corrected chi connectivity index (χ0v) is 10.5. The van der Waals surface area contributed by atoms with Crippen molar-refractivity contribution in [2.45, 2.75) is 6.04 Å². The monoisotopic (exact) mass is 242 g/mol. The van der Waals surface area contributed by atoms with Crippen LogP contribution >= 0.6 is 0 Å². The Morgan fingerprint density at radius 1 is 1.06 bits per heavy atom. The van der Waals surface area contributed by atoms with Crippen LogP contribution in [0.1, 0.15) is 11.6 Å². The maximum absolute atomic E-state index is 5.94. The summed E-state index contributed by atoms with van der Waals surface area (Å²) in [6, 6.07) is 18.1. The van der Waals surface area contributed by atoms with E-state index in [2.05, 4.69) is 17.4 Å². The number of benzene rings is 2. The van der Waals surface area contributed by atoms with Crippen molar-refractivity contribution in [3.63, 3.8) is 0 Å². The lowest BCUT2D eigenvalue weighted by Crippen LogP contribution is -2.16. The highest BCUT2D eigenvalue weighted by Gasteiger charge is 2.11. The number of rotatable bonds is 5. The highest BCUT2D eigenvalue weighted by Crippen LogP contribution is 2.24. The van der Waals surface area contributed by atoms with Crippen molar-refractivity contribution in [2.75, 3.05) is 24.8 Å². The van der Waals surface area contributed by atoms with Crippen LogP contribution in [0.2, 0.25) is 0 Å². The number of methoxy groups -OCH3 is 1. The van der Waals surface area contributed by atoms with Crippen molar-refractivity contribution in [2.24, 2.45) is 0 Å². The average Bonchev–Trinajstić information content (AvgIpc) is 2.42. The van der Waals surface area contributed by atoms with E-state index in [0.717, 1.165) is 11.4 Å². The molecule has 0 bridgehead atoms. The minimum atomic E-state index is 0.0981. The number of nitrogens with two attached hydrogens (primary N) is 1. The third-order valence-electron chi connectivity index (χ3n) is 2.83. The molecule has 2 aromatic carbocycles. The Kier molecular flexibility index (Phi) is 4.20. The van der Waals surface area contributed by atoms with E-state index < -0.39 is 0 Å². The minimum absolute atomic E-state index is 0.0981. The van der Waals surface area contributed by atoms with Gasteiger partial charge in [-0.15, -0.1) is 0 Å². The second-order valence-electron chi connectivity index (χ2n) is 4.15. The first kappa shape index (κ1) is 12.5. The van der Waals surface area contributed by atoms with Gasteiger partial charge in [-0.2, -0.15) is 0 Å². The van der Waals surface area contributed by atoms with Crippen LogP contribution in [-0.4, -0.2) is 13.7 Å². The first-order chi connectivity index (χ1) is 8.81. The molecular formula is C15H18N2O. The number of ether oxygens (including phenoxy) is 1. The van der Waals surface area contributed by atoms with Crippen molar-refractivity contribution < 1.29 is 4.74 Å². The van der Waals surface area contributed by atoms with Crippen LogP contribution in [0.4, 0.5) is 11.4 Å². The van der Waals surface area contributed by atoms with E-state index in [9.17, 15) is 0 Å². The molecule has 0 heterocycles. The Bertz CT molecular complexity index is 485. The summed E-state index contributed by atoms with van der Waals surface area (Å²) in [7, 11) is 1.70. The van der Waals surface area contributed by atoms with Crippen LogP contribution in [0.15, 0.2) is 54.6 Å². The molecule has 0 fully saturated rings. The third-order valence-corrected chi connectivity index (χ3v) is 2.83. The first-order valence-corrected chi connectivity index (χ1v) is 5.96. The van der Waals surface area contributed by atoms with Gasteiger partial charge in [-0.05, 0) is 17.7 Å². The van der Waals surface area contributed by atoms with Crippen LogP contribution in [0.5, 0.6) is 0 Å². The lowest BCUT2D eigenvalue weighted by atomic mass is 10.1. The summed E-state index contributed by atoms with van der Waals surface area (Å²) in [5, 5.41) is 3.41. The number of nitrogen functional groups attached to an aromatic ring is 1. The molecule has 0 amide bonds. The van der Waals surface area contributed by atoms with Gasteiger partial charge in [0.2, 0.25) is 0 Å². The number of nitrogens with one attached hydrogen (secondary N) is 1. The van der Waals surface area contributed by atoms with E-state index in [4.69, 9.17) is 10.5 Å². The van der Waals surface area contributed by atoms with Crippen LogP contribution in [0, 0.1) is 0 Å². The highest BCUT2D eigenvalue weighted by atomic mass is 16.5. The molecule has 3 nitrogen and oxygen atoms in total. The van der Waals surface area contributed by atoms with E-state index in [-0.39, 0.29) is 6.04 Å². The van der Waals surface area contributed by atoms with Gasteiger partial charge in [-0.1, -0.05) is 42.5 Å². The molecule has 1 atom stereocenters. The molecule has 0 spiro atoms. The Morgan fingerprint density at radius 3 is 2.39 bits per heavy atom. The molecule has 3 heteroatoms. The van der Waals surface area contributed by atoms with Crippen molar-refractivity contribution in [3.8, 4) is 0 Å². The van der Waals surface area contributed by atoms with Gasteiger partial charge in [0, 0.05) is 7.11 Å². The fourth-order valence-corrected chi connectivity index (χ4v) is 1.89. The van der Waals surface area contributed by atoms with Gasteiger partial charge >= 0.3 is 0 Å². The predicted octanol–water partition coefficient (Wildman–Crippen LogP) is 3.07. The van der Waals surface area contributed by atoms with Crippen LogP contribution < -0.4 is 11.1 Å². The van der Waals surface area contributed by atoms with Gasteiger partial charge in [0.1, 0.15) is 0 Å². The molecule has 2 rings (SSSR count). The summed E-state index contributed by atoms with van der Waals surface area (Å²) in [6.07, 6.45) is 0. The fourth-order valence-electron chi connectivity index (χ4n) is 1.89. The first-order valence-electron chi connectivity index (χ1n) is 5.96. The zero-order chi connectivity index (χ0) is 12.8. The molecule has 0 aromatic heterocycles. The quantitative estimate of drug-likeness (QED) is 0.792. The van der Waals surface area contributed by atoms with E-state index in [1.165, 1.54) is 5.56 Å². The van der Waals surface area contributed by atoms with Crippen LogP contribution in [-0.2, 0) is 4.74 Å². The van der Waals surface area contributed by atoms with Crippen LogP contribution in [0.25, 0.3) is 0 Å². The molecule has 3 N–H and O–H groups in total. The van der Waals surface area contributed by atoms with Gasteiger partial charge < -0.3 is 15.8 Å². The molecule has 0 saturated carbocycles. The molecule has 2 aromatic rings. The number of para-hydroxylation sites is 2. The molecule has 0 aliphatic heterocycles. The van der Waals surface area contributed by atoms with E-state index in [1.54, 1.807) is 7.11 Å². The second kappa shape index (κ2) is 6.07. The van der Waals surface area contributed by atoms with Crippen molar-refractivity contribution in [1.82, 2.24) is 0 Å². The van der Waals surface area contributed by atoms with Gasteiger partial charge in [-0.3, -0.25) is 0 Å². The van der Waals surface area contributed by atoms with Crippen molar-refractivity contribution in [3.05, 3.63) is 60.2 Å². The maximum atomic E-state index is 5.94. The van der Waals surface area contributed by atoms with Crippen molar-refractivity contribution in [1.29, 1.82) is 0 Å². The Balaban J connectivity index is 2.19. The molecule has 0 saturated heterocycles. The molecule has 94 valence electrons. The molecule has 0 aliphatic carbocycles.